The summed E-state index contributed by atoms with van der Waals surface area (Å²) in [6, 6.07) is 0.693. The van der Waals surface area contributed by atoms with Crippen molar-refractivity contribution in [1.82, 2.24) is 5.32 Å². The number of hydrogen-bond acceptors (Lipinski definition) is 3. The fourth-order valence-corrected chi connectivity index (χ4v) is 3.41. The van der Waals surface area contributed by atoms with Crippen LogP contribution in [0.3, 0.4) is 0 Å². The molecule has 0 amide bonds. The maximum atomic E-state index is 5.14. The fourth-order valence-electron chi connectivity index (χ4n) is 2.10. The molecule has 15 heavy (non-hydrogen) atoms. The van der Waals surface area contributed by atoms with E-state index in [9.17, 15) is 0 Å². The molecule has 0 aliphatic carbocycles. The summed E-state index contributed by atoms with van der Waals surface area (Å²) in [5.41, 5.74) is 0.505. The van der Waals surface area contributed by atoms with Gasteiger partial charge in [-0.1, -0.05) is 20.8 Å². The van der Waals surface area contributed by atoms with Gasteiger partial charge < -0.3 is 10.1 Å². The van der Waals surface area contributed by atoms with Gasteiger partial charge in [-0.15, -0.1) is 0 Å². The largest absolute Gasteiger partial charge is 0.384 e. The smallest absolute Gasteiger partial charge is 0.0499 e. The summed E-state index contributed by atoms with van der Waals surface area (Å²) in [5.74, 6) is 3.19. The van der Waals surface area contributed by atoms with Crippen molar-refractivity contribution in [2.24, 2.45) is 11.3 Å². The maximum Gasteiger partial charge on any atom is 0.0499 e. The molecule has 0 spiro atoms. The number of hydrogen-bond donors (Lipinski definition) is 1. The Labute approximate surface area is 98.5 Å². The standard InChI is InChI=1S/C12H25NOS/c1-10(7-14-4)6-13-11-5-12(2,3)9-15-8-11/h10-11,13H,5-9H2,1-4H3. The lowest BCUT2D eigenvalue weighted by atomic mass is 9.87. The minimum atomic E-state index is 0.505. The summed E-state index contributed by atoms with van der Waals surface area (Å²) in [6.07, 6.45) is 1.31. The van der Waals surface area contributed by atoms with Crippen LogP contribution >= 0.6 is 11.8 Å². The zero-order valence-corrected chi connectivity index (χ0v) is 11.3. The normalized spacial score (nSPS) is 27.6. The summed E-state index contributed by atoms with van der Waals surface area (Å²) >= 11 is 2.08. The highest BCUT2D eigenvalue weighted by atomic mass is 32.2. The number of ether oxygens (including phenoxy) is 1. The van der Waals surface area contributed by atoms with E-state index in [0.717, 1.165) is 13.2 Å². The van der Waals surface area contributed by atoms with E-state index in [4.69, 9.17) is 4.74 Å². The van der Waals surface area contributed by atoms with Crippen molar-refractivity contribution in [2.75, 3.05) is 31.8 Å². The first kappa shape index (κ1) is 13.3. The highest BCUT2D eigenvalue weighted by Crippen LogP contribution is 2.33. The van der Waals surface area contributed by atoms with E-state index in [-0.39, 0.29) is 0 Å². The third kappa shape index (κ3) is 5.23. The van der Waals surface area contributed by atoms with Crippen molar-refractivity contribution in [1.29, 1.82) is 0 Å². The highest BCUT2D eigenvalue weighted by molar-refractivity contribution is 7.99. The van der Waals surface area contributed by atoms with E-state index in [1.54, 1.807) is 7.11 Å². The zero-order valence-electron chi connectivity index (χ0n) is 10.5. The van der Waals surface area contributed by atoms with Gasteiger partial charge in [0.05, 0.1) is 0 Å². The maximum absolute atomic E-state index is 5.14. The number of methoxy groups -OCH3 is 1. The lowest BCUT2D eigenvalue weighted by molar-refractivity contribution is 0.155. The Kier molecular flexibility index (Phi) is 5.44. The first-order valence-electron chi connectivity index (χ1n) is 5.83. The van der Waals surface area contributed by atoms with Gasteiger partial charge in [-0.25, -0.2) is 0 Å². The highest BCUT2D eigenvalue weighted by Gasteiger charge is 2.28. The van der Waals surface area contributed by atoms with Gasteiger partial charge in [0, 0.05) is 32.1 Å². The van der Waals surface area contributed by atoms with Crippen LogP contribution in [0.25, 0.3) is 0 Å². The van der Waals surface area contributed by atoms with Gasteiger partial charge in [0.1, 0.15) is 0 Å². The Balaban J connectivity index is 2.21. The summed E-state index contributed by atoms with van der Waals surface area (Å²) in [5, 5.41) is 3.66. The van der Waals surface area contributed by atoms with E-state index in [1.165, 1.54) is 17.9 Å². The van der Waals surface area contributed by atoms with Gasteiger partial charge in [-0.2, -0.15) is 11.8 Å². The second kappa shape index (κ2) is 6.12. The van der Waals surface area contributed by atoms with Gasteiger partial charge in [-0.05, 0) is 23.5 Å². The van der Waals surface area contributed by atoms with Crippen molar-refractivity contribution in [3.63, 3.8) is 0 Å². The van der Waals surface area contributed by atoms with Crippen molar-refractivity contribution in [3.8, 4) is 0 Å². The molecule has 1 aliphatic rings. The monoisotopic (exact) mass is 231 g/mol. The van der Waals surface area contributed by atoms with Crippen LogP contribution in [-0.4, -0.2) is 37.8 Å². The van der Waals surface area contributed by atoms with Crippen LogP contribution < -0.4 is 5.32 Å². The molecule has 3 heteroatoms. The van der Waals surface area contributed by atoms with Gasteiger partial charge in [0.15, 0.2) is 0 Å². The zero-order chi connectivity index (χ0) is 11.3. The first-order valence-corrected chi connectivity index (χ1v) is 6.99. The van der Waals surface area contributed by atoms with Gasteiger partial charge in [-0.3, -0.25) is 0 Å². The lowest BCUT2D eigenvalue weighted by Crippen LogP contribution is -2.42. The van der Waals surface area contributed by atoms with E-state index >= 15 is 0 Å². The molecule has 1 rings (SSSR count). The Bertz CT molecular complexity index is 184. The molecule has 0 bridgehead atoms. The van der Waals surface area contributed by atoms with E-state index in [2.05, 4.69) is 37.8 Å². The molecule has 1 aliphatic heterocycles. The third-order valence-electron chi connectivity index (χ3n) is 2.82. The van der Waals surface area contributed by atoms with Crippen LogP contribution in [-0.2, 0) is 4.74 Å². The SMILES string of the molecule is COCC(C)CNC1CSCC(C)(C)C1. The summed E-state index contributed by atoms with van der Waals surface area (Å²) in [7, 11) is 1.77. The molecule has 0 aromatic heterocycles. The average Bonchev–Trinajstić information content (AvgIpc) is 2.14. The fraction of sp³-hybridized carbons (Fsp3) is 1.00. The van der Waals surface area contributed by atoms with E-state index in [0.29, 0.717) is 17.4 Å². The number of nitrogens with one attached hydrogen (secondary N) is 1. The molecule has 1 fully saturated rings. The van der Waals surface area contributed by atoms with Crippen LogP contribution in [0.4, 0.5) is 0 Å². The summed E-state index contributed by atoms with van der Waals surface area (Å²) in [6.45, 7) is 8.90. The molecular weight excluding hydrogens is 206 g/mol. The Hall–Kier alpha value is 0.270. The molecule has 0 radical (unpaired) electrons. The molecular formula is C12H25NOS. The molecule has 0 aromatic carbocycles. The predicted octanol–water partition coefficient (Wildman–Crippen LogP) is 2.39. The lowest BCUT2D eigenvalue weighted by Gasteiger charge is -2.35. The van der Waals surface area contributed by atoms with Crippen LogP contribution in [0.15, 0.2) is 0 Å². The molecule has 1 heterocycles. The first-order chi connectivity index (χ1) is 7.03. The molecule has 90 valence electrons. The van der Waals surface area contributed by atoms with Gasteiger partial charge in [0.25, 0.3) is 0 Å². The summed E-state index contributed by atoms with van der Waals surface area (Å²) in [4.78, 5) is 0. The van der Waals surface area contributed by atoms with Crippen molar-refractivity contribution >= 4 is 11.8 Å². The van der Waals surface area contributed by atoms with Crippen LogP contribution in [0, 0.1) is 11.3 Å². The third-order valence-corrected chi connectivity index (χ3v) is 4.44. The van der Waals surface area contributed by atoms with Gasteiger partial charge in [0.2, 0.25) is 0 Å². The topological polar surface area (TPSA) is 21.3 Å². The summed E-state index contributed by atoms with van der Waals surface area (Å²) < 4.78 is 5.14. The molecule has 1 saturated heterocycles. The molecule has 1 N–H and O–H groups in total. The second-order valence-electron chi connectivity index (χ2n) is 5.55. The Morgan fingerprint density at radius 1 is 1.53 bits per heavy atom. The van der Waals surface area contributed by atoms with Crippen LogP contribution in [0.2, 0.25) is 0 Å². The molecule has 2 nitrogen and oxygen atoms in total. The second-order valence-corrected chi connectivity index (χ2v) is 6.58. The Morgan fingerprint density at radius 3 is 2.87 bits per heavy atom. The van der Waals surface area contributed by atoms with Gasteiger partial charge >= 0.3 is 0 Å². The molecule has 0 aromatic rings. The average molecular weight is 231 g/mol. The van der Waals surface area contributed by atoms with Crippen molar-refractivity contribution in [2.45, 2.75) is 33.2 Å². The molecule has 2 atom stereocenters. The van der Waals surface area contributed by atoms with Crippen LogP contribution in [0.1, 0.15) is 27.2 Å². The quantitative estimate of drug-likeness (QED) is 0.785. The predicted molar refractivity (Wildman–Crippen MR) is 68.6 cm³/mol. The van der Waals surface area contributed by atoms with E-state index < -0.39 is 0 Å². The minimum absolute atomic E-state index is 0.505. The minimum Gasteiger partial charge on any atom is -0.384 e. The van der Waals surface area contributed by atoms with Crippen LogP contribution in [0.5, 0.6) is 0 Å². The van der Waals surface area contributed by atoms with Crippen molar-refractivity contribution in [3.05, 3.63) is 0 Å². The Morgan fingerprint density at radius 2 is 2.27 bits per heavy atom. The number of thioether (sulfide) groups is 1. The number of rotatable bonds is 5. The molecule has 0 saturated carbocycles. The van der Waals surface area contributed by atoms with Crippen molar-refractivity contribution < 1.29 is 4.74 Å². The van der Waals surface area contributed by atoms with E-state index in [1.807, 2.05) is 0 Å². The molecule has 2 unspecified atom stereocenters.